The maximum absolute atomic E-state index is 12.9. The smallest absolute Gasteiger partial charge is 0.274 e. The zero-order valence-electron chi connectivity index (χ0n) is 13.5. The van der Waals surface area contributed by atoms with Crippen LogP contribution in [0.4, 0.5) is 4.39 Å². The fourth-order valence-corrected chi connectivity index (χ4v) is 2.89. The van der Waals surface area contributed by atoms with Crippen LogP contribution < -0.4 is 5.32 Å². The number of likely N-dealkylation sites (tertiary alicyclic amines) is 1. The Morgan fingerprint density at radius 2 is 2.30 bits per heavy atom. The lowest BCUT2D eigenvalue weighted by molar-refractivity contribution is -0.123. The van der Waals surface area contributed by atoms with E-state index in [1.165, 1.54) is 0 Å². The molecule has 23 heavy (non-hydrogen) atoms. The van der Waals surface area contributed by atoms with Crippen molar-refractivity contribution in [2.45, 2.75) is 51.2 Å². The maximum Gasteiger partial charge on any atom is 0.274 e. The third kappa shape index (κ3) is 3.38. The van der Waals surface area contributed by atoms with E-state index in [0.717, 1.165) is 12.1 Å². The van der Waals surface area contributed by atoms with Crippen molar-refractivity contribution in [2.75, 3.05) is 13.1 Å². The highest BCUT2D eigenvalue weighted by molar-refractivity contribution is 5.92. The molecule has 4 unspecified atom stereocenters. The van der Waals surface area contributed by atoms with E-state index in [1.807, 2.05) is 0 Å². The zero-order chi connectivity index (χ0) is 16.6. The number of nitrogens with zero attached hydrogens (tertiary/aromatic N) is 2. The van der Waals surface area contributed by atoms with Crippen molar-refractivity contribution in [1.82, 2.24) is 20.4 Å². The van der Waals surface area contributed by atoms with Crippen molar-refractivity contribution >= 4 is 11.8 Å². The SMILES string of the molecule is CCC(C)c1cc(C(=O)N2CCC(NC(=O)C3CC3F)C2)n[nH]1. The fourth-order valence-electron chi connectivity index (χ4n) is 2.89. The quantitative estimate of drug-likeness (QED) is 0.864. The topological polar surface area (TPSA) is 78.1 Å². The predicted molar refractivity (Wildman–Crippen MR) is 82.7 cm³/mol. The number of aromatic nitrogens is 2. The van der Waals surface area contributed by atoms with Gasteiger partial charge in [0.1, 0.15) is 11.9 Å². The molecule has 2 N–H and O–H groups in total. The molecule has 2 amide bonds. The molecule has 126 valence electrons. The fraction of sp³-hybridized carbons (Fsp3) is 0.688. The van der Waals surface area contributed by atoms with Gasteiger partial charge in [0.15, 0.2) is 0 Å². The Kier molecular flexibility index (Phi) is 4.37. The lowest BCUT2D eigenvalue weighted by Crippen LogP contribution is -2.39. The highest BCUT2D eigenvalue weighted by Gasteiger charge is 2.44. The van der Waals surface area contributed by atoms with E-state index in [-0.39, 0.29) is 17.9 Å². The number of carbonyl (C=O) groups is 2. The summed E-state index contributed by atoms with van der Waals surface area (Å²) in [6.45, 7) is 5.21. The van der Waals surface area contributed by atoms with E-state index in [1.54, 1.807) is 11.0 Å². The zero-order valence-corrected chi connectivity index (χ0v) is 13.5. The number of H-pyrrole nitrogens is 1. The Morgan fingerprint density at radius 3 is 2.96 bits per heavy atom. The molecule has 1 aliphatic heterocycles. The highest BCUT2D eigenvalue weighted by Crippen LogP contribution is 2.34. The maximum atomic E-state index is 12.9. The van der Waals surface area contributed by atoms with E-state index >= 15 is 0 Å². The van der Waals surface area contributed by atoms with Gasteiger partial charge in [0.05, 0.1) is 5.92 Å². The molecule has 1 aromatic heterocycles. The first-order chi connectivity index (χ1) is 11.0. The first-order valence-corrected chi connectivity index (χ1v) is 8.28. The van der Waals surface area contributed by atoms with E-state index in [2.05, 4.69) is 29.4 Å². The monoisotopic (exact) mass is 322 g/mol. The summed E-state index contributed by atoms with van der Waals surface area (Å²) >= 11 is 0. The second-order valence-electron chi connectivity index (χ2n) is 6.62. The Labute approximate surface area is 134 Å². The van der Waals surface area contributed by atoms with Gasteiger partial charge in [0.2, 0.25) is 5.91 Å². The lowest BCUT2D eigenvalue weighted by atomic mass is 10.1. The van der Waals surface area contributed by atoms with E-state index in [4.69, 9.17) is 0 Å². The van der Waals surface area contributed by atoms with Crippen LogP contribution in [-0.2, 0) is 4.79 Å². The van der Waals surface area contributed by atoms with Crippen LogP contribution in [0.15, 0.2) is 6.07 Å². The molecule has 1 aliphatic carbocycles. The minimum atomic E-state index is -0.989. The van der Waals surface area contributed by atoms with Crippen molar-refractivity contribution in [3.05, 3.63) is 17.5 Å². The number of rotatable bonds is 5. The molecule has 0 aromatic carbocycles. The summed E-state index contributed by atoms with van der Waals surface area (Å²) in [4.78, 5) is 25.9. The summed E-state index contributed by atoms with van der Waals surface area (Å²) in [5.74, 6) is -0.496. The standard InChI is InChI=1S/C16H23FN4O2/c1-3-9(2)13-7-14(20-19-13)16(23)21-5-4-10(8-21)18-15(22)11-6-12(11)17/h7,9-12H,3-6,8H2,1-2H3,(H,18,22)(H,19,20). The van der Waals surface area contributed by atoms with Crippen molar-refractivity contribution < 1.29 is 14.0 Å². The van der Waals surface area contributed by atoms with Gasteiger partial charge in [-0.15, -0.1) is 0 Å². The van der Waals surface area contributed by atoms with Crippen LogP contribution in [-0.4, -0.2) is 52.2 Å². The molecule has 0 spiro atoms. The average molecular weight is 322 g/mol. The van der Waals surface area contributed by atoms with Gasteiger partial charge in [-0.25, -0.2) is 4.39 Å². The molecule has 1 aromatic rings. The molecule has 3 rings (SSSR count). The van der Waals surface area contributed by atoms with Gasteiger partial charge in [0.25, 0.3) is 5.91 Å². The number of alkyl halides is 1. The average Bonchev–Trinajstić information content (AvgIpc) is 2.98. The summed E-state index contributed by atoms with van der Waals surface area (Å²) in [5, 5.41) is 9.87. The van der Waals surface area contributed by atoms with Gasteiger partial charge < -0.3 is 10.2 Å². The minimum Gasteiger partial charge on any atom is -0.351 e. The molecule has 1 saturated carbocycles. The Balaban J connectivity index is 1.54. The molecule has 7 heteroatoms. The van der Waals surface area contributed by atoms with Crippen LogP contribution in [0.3, 0.4) is 0 Å². The van der Waals surface area contributed by atoms with Gasteiger partial charge in [-0.05, 0) is 31.2 Å². The Hall–Kier alpha value is -1.92. The first kappa shape index (κ1) is 16.0. The number of hydrogen-bond donors (Lipinski definition) is 2. The number of carbonyl (C=O) groups excluding carboxylic acids is 2. The van der Waals surface area contributed by atoms with Gasteiger partial charge in [-0.2, -0.15) is 5.10 Å². The van der Waals surface area contributed by atoms with E-state index in [9.17, 15) is 14.0 Å². The molecule has 0 bridgehead atoms. The summed E-state index contributed by atoms with van der Waals surface area (Å²) in [6.07, 6.45) is 1.01. The van der Waals surface area contributed by atoms with Crippen LogP contribution in [0.5, 0.6) is 0 Å². The number of hydrogen-bond acceptors (Lipinski definition) is 3. The van der Waals surface area contributed by atoms with Crippen molar-refractivity contribution in [1.29, 1.82) is 0 Å². The lowest BCUT2D eigenvalue weighted by Gasteiger charge is -2.16. The first-order valence-electron chi connectivity index (χ1n) is 8.28. The summed E-state index contributed by atoms with van der Waals surface area (Å²) < 4.78 is 12.9. The Morgan fingerprint density at radius 1 is 1.57 bits per heavy atom. The molecule has 1 saturated heterocycles. The Bertz CT molecular complexity index is 603. The van der Waals surface area contributed by atoms with Crippen molar-refractivity contribution in [3.63, 3.8) is 0 Å². The molecule has 2 fully saturated rings. The molecule has 2 heterocycles. The van der Waals surface area contributed by atoms with Gasteiger partial charge >= 0.3 is 0 Å². The number of halogens is 1. The molecule has 0 radical (unpaired) electrons. The second-order valence-corrected chi connectivity index (χ2v) is 6.62. The van der Waals surface area contributed by atoms with Crippen LogP contribution in [0.25, 0.3) is 0 Å². The third-order valence-electron chi connectivity index (χ3n) is 4.83. The number of aromatic amines is 1. The largest absolute Gasteiger partial charge is 0.351 e. The summed E-state index contributed by atoms with van der Waals surface area (Å²) in [5.41, 5.74) is 1.38. The predicted octanol–water partition coefficient (Wildman–Crippen LogP) is 1.61. The summed E-state index contributed by atoms with van der Waals surface area (Å²) in [7, 11) is 0. The number of nitrogens with one attached hydrogen (secondary N) is 2. The minimum absolute atomic E-state index is 0.0905. The second kappa shape index (κ2) is 6.29. The van der Waals surface area contributed by atoms with Crippen molar-refractivity contribution in [2.24, 2.45) is 5.92 Å². The van der Waals surface area contributed by atoms with Crippen LogP contribution in [0.1, 0.15) is 55.2 Å². The van der Waals surface area contributed by atoms with Crippen molar-refractivity contribution in [3.8, 4) is 0 Å². The molecular formula is C16H23FN4O2. The van der Waals surface area contributed by atoms with Gasteiger partial charge in [0, 0.05) is 24.8 Å². The van der Waals surface area contributed by atoms with Crippen LogP contribution >= 0.6 is 0 Å². The molecular weight excluding hydrogens is 299 g/mol. The third-order valence-corrected chi connectivity index (χ3v) is 4.83. The highest BCUT2D eigenvalue weighted by atomic mass is 19.1. The summed E-state index contributed by atoms with van der Waals surface area (Å²) in [6, 6.07) is 1.72. The molecule has 2 aliphatic rings. The van der Waals surface area contributed by atoms with Gasteiger partial charge in [-0.1, -0.05) is 13.8 Å². The molecule has 6 nitrogen and oxygen atoms in total. The van der Waals surface area contributed by atoms with Crippen LogP contribution in [0.2, 0.25) is 0 Å². The van der Waals surface area contributed by atoms with Gasteiger partial charge in [-0.3, -0.25) is 14.7 Å². The van der Waals surface area contributed by atoms with E-state index < -0.39 is 12.1 Å². The normalized spacial score (nSPS) is 27.8. The molecule has 4 atom stereocenters. The number of amides is 2. The van der Waals surface area contributed by atoms with Crippen LogP contribution in [0, 0.1) is 5.92 Å². The van der Waals surface area contributed by atoms with E-state index in [0.29, 0.717) is 37.5 Å².